The molecule has 0 amide bonds. The number of hydrogen-bond donors (Lipinski definition) is 1. The number of benzene rings is 2. The predicted octanol–water partition coefficient (Wildman–Crippen LogP) is 4.81. The third-order valence-electron chi connectivity index (χ3n) is 4.49. The molecule has 120 valence electrons. The number of fused-ring (bicyclic) bond motifs is 1. The van der Waals surface area contributed by atoms with Crippen LogP contribution in [0.4, 0.5) is 0 Å². The molecule has 4 aromatic rings. The molecule has 4 heteroatoms. The standard InChI is InChI=1S/C20H19N3S/c1-13-14(2)24-20-22-19(18(12-21)23(13)20)17-10-8-16(9-11-17)15-6-4-3-5-7-15/h3-11H,12,21H2,1-2H3. The Kier molecular flexibility index (Phi) is 3.71. The van der Waals surface area contributed by atoms with Crippen LogP contribution in [0, 0.1) is 13.8 Å². The lowest BCUT2D eigenvalue weighted by Gasteiger charge is -2.06. The smallest absolute Gasteiger partial charge is 0.194 e. The topological polar surface area (TPSA) is 43.3 Å². The zero-order valence-electron chi connectivity index (χ0n) is 13.8. The summed E-state index contributed by atoms with van der Waals surface area (Å²) in [7, 11) is 0. The fourth-order valence-corrected chi connectivity index (χ4v) is 4.07. The van der Waals surface area contributed by atoms with Crippen molar-refractivity contribution in [3.63, 3.8) is 0 Å². The Hall–Kier alpha value is -2.43. The Balaban J connectivity index is 1.80. The zero-order chi connectivity index (χ0) is 16.7. The third kappa shape index (κ3) is 2.35. The van der Waals surface area contributed by atoms with Gasteiger partial charge in [-0.3, -0.25) is 4.40 Å². The Morgan fingerprint density at radius 3 is 2.21 bits per heavy atom. The zero-order valence-corrected chi connectivity index (χ0v) is 14.6. The van der Waals surface area contributed by atoms with Crippen molar-refractivity contribution in [2.75, 3.05) is 0 Å². The number of aryl methyl sites for hydroxylation is 2. The molecule has 0 aliphatic carbocycles. The summed E-state index contributed by atoms with van der Waals surface area (Å²) in [5.41, 5.74) is 12.9. The molecule has 2 N–H and O–H groups in total. The van der Waals surface area contributed by atoms with E-state index in [0.717, 1.165) is 21.9 Å². The highest BCUT2D eigenvalue weighted by atomic mass is 32.1. The summed E-state index contributed by atoms with van der Waals surface area (Å²) in [6.07, 6.45) is 0. The lowest BCUT2D eigenvalue weighted by atomic mass is 10.0. The van der Waals surface area contributed by atoms with Crippen molar-refractivity contribution < 1.29 is 0 Å². The van der Waals surface area contributed by atoms with E-state index in [-0.39, 0.29) is 0 Å². The number of aromatic nitrogens is 2. The second-order valence-corrected chi connectivity index (χ2v) is 7.10. The number of thiazole rings is 1. The average molecular weight is 333 g/mol. The molecule has 0 spiro atoms. The first-order chi connectivity index (χ1) is 11.7. The lowest BCUT2D eigenvalue weighted by Crippen LogP contribution is -2.03. The molecule has 0 saturated heterocycles. The second-order valence-electron chi connectivity index (χ2n) is 5.92. The van der Waals surface area contributed by atoms with E-state index in [0.29, 0.717) is 6.54 Å². The van der Waals surface area contributed by atoms with E-state index in [9.17, 15) is 0 Å². The fraction of sp³-hybridized carbons (Fsp3) is 0.150. The molecule has 2 aromatic heterocycles. The van der Waals surface area contributed by atoms with Gasteiger partial charge in [-0.25, -0.2) is 4.98 Å². The Morgan fingerprint density at radius 1 is 0.917 bits per heavy atom. The molecular weight excluding hydrogens is 314 g/mol. The Bertz CT molecular complexity index is 995. The molecule has 0 fully saturated rings. The molecule has 24 heavy (non-hydrogen) atoms. The van der Waals surface area contributed by atoms with Crippen LogP contribution in [0.3, 0.4) is 0 Å². The maximum Gasteiger partial charge on any atom is 0.194 e. The van der Waals surface area contributed by atoms with Gasteiger partial charge in [-0.1, -0.05) is 54.6 Å². The molecule has 2 aromatic carbocycles. The average Bonchev–Trinajstić information content (AvgIpc) is 3.12. The first-order valence-electron chi connectivity index (χ1n) is 8.02. The third-order valence-corrected chi connectivity index (χ3v) is 5.55. The normalized spacial score (nSPS) is 11.3. The first-order valence-corrected chi connectivity index (χ1v) is 8.84. The van der Waals surface area contributed by atoms with Crippen molar-refractivity contribution >= 4 is 16.3 Å². The number of hydrogen-bond acceptors (Lipinski definition) is 3. The first kappa shape index (κ1) is 15.1. The van der Waals surface area contributed by atoms with Crippen LogP contribution in [-0.4, -0.2) is 9.38 Å². The van der Waals surface area contributed by atoms with Crippen molar-refractivity contribution in [1.82, 2.24) is 9.38 Å². The molecular formula is C20H19N3S. The Morgan fingerprint density at radius 2 is 1.54 bits per heavy atom. The largest absolute Gasteiger partial charge is 0.325 e. The summed E-state index contributed by atoms with van der Waals surface area (Å²) in [6, 6.07) is 19.0. The van der Waals surface area contributed by atoms with E-state index in [2.05, 4.69) is 66.8 Å². The van der Waals surface area contributed by atoms with Crippen LogP contribution in [0.5, 0.6) is 0 Å². The summed E-state index contributed by atoms with van der Waals surface area (Å²) in [5.74, 6) is 0. The molecule has 2 heterocycles. The lowest BCUT2D eigenvalue weighted by molar-refractivity contribution is 0.941. The molecule has 0 aliphatic heterocycles. The van der Waals surface area contributed by atoms with Crippen LogP contribution in [0.25, 0.3) is 27.3 Å². The summed E-state index contributed by atoms with van der Waals surface area (Å²) in [6.45, 7) is 4.74. The summed E-state index contributed by atoms with van der Waals surface area (Å²) in [4.78, 5) is 7.15. The van der Waals surface area contributed by atoms with Crippen molar-refractivity contribution in [2.45, 2.75) is 20.4 Å². The van der Waals surface area contributed by atoms with Gasteiger partial charge in [0, 0.05) is 22.7 Å². The summed E-state index contributed by atoms with van der Waals surface area (Å²) in [5, 5.41) is 0. The quantitative estimate of drug-likeness (QED) is 0.585. The van der Waals surface area contributed by atoms with Gasteiger partial charge >= 0.3 is 0 Å². The van der Waals surface area contributed by atoms with E-state index in [1.165, 1.54) is 21.7 Å². The van der Waals surface area contributed by atoms with Crippen LogP contribution in [0.15, 0.2) is 54.6 Å². The monoisotopic (exact) mass is 333 g/mol. The summed E-state index contributed by atoms with van der Waals surface area (Å²) >= 11 is 1.72. The van der Waals surface area contributed by atoms with E-state index in [1.54, 1.807) is 11.3 Å². The van der Waals surface area contributed by atoms with E-state index >= 15 is 0 Å². The molecule has 0 radical (unpaired) electrons. The van der Waals surface area contributed by atoms with E-state index in [1.807, 2.05) is 6.07 Å². The maximum absolute atomic E-state index is 6.04. The molecule has 0 saturated carbocycles. The highest BCUT2D eigenvalue weighted by Gasteiger charge is 2.17. The number of rotatable bonds is 3. The van der Waals surface area contributed by atoms with Crippen molar-refractivity contribution in [3.05, 3.63) is 70.9 Å². The van der Waals surface area contributed by atoms with Gasteiger partial charge in [0.05, 0.1) is 11.4 Å². The number of nitrogens with two attached hydrogens (primary N) is 1. The molecule has 0 unspecified atom stereocenters. The van der Waals surface area contributed by atoms with Gasteiger partial charge < -0.3 is 5.73 Å². The van der Waals surface area contributed by atoms with Gasteiger partial charge in [0.15, 0.2) is 4.96 Å². The Labute approximate surface area is 145 Å². The minimum absolute atomic E-state index is 0.480. The van der Waals surface area contributed by atoms with Crippen LogP contribution < -0.4 is 5.73 Å². The molecule has 0 aliphatic rings. The highest BCUT2D eigenvalue weighted by Crippen LogP contribution is 2.31. The van der Waals surface area contributed by atoms with E-state index in [4.69, 9.17) is 10.7 Å². The molecule has 0 bridgehead atoms. The summed E-state index contributed by atoms with van der Waals surface area (Å²) < 4.78 is 2.19. The SMILES string of the molecule is Cc1sc2nc(-c3ccc(-c4ccccc4)cc3)c(CN)n2c1C. The fourth-order valence-electron chi connectivity index (χ4n) is 3.08. The number of nitrogens with zero attached hydrogens (tertiary/aromatic N) is 2. The van der Waals surface area contributed by atoms with Crippen LogP contribution >= 0.6 is 11.3 Å². The minimum atomic E-state index is 0.480. The van der Waals surface area contributed by atoms with Gasteiger partial charge in [-0.15, -0.1) is 11.3 Å². The van der Waals surface area contributed by atoms with Crippen LogP contribution in [-0.2, 0) is 6.54 Å². The van der Waals surface area contributed by atoms with Crippen LogP contribution in [0.2, 0.25) is 0 Å². The molecule has 0 atom stereocenters. The minimum Gasteiger partial charge on any atom is -0.325 e. The van der Waals surface area contributed by atoms with Gasteiger partial charge in [0.1, 0.15) is 0 Å². The van der Waals surface area contributed by atoms with Gasteiger partial charge in [0.25, 0.3) is 0 Å². The molecule has 3 nitrogen and oxygen atoms in total. The van der Waals surface area contributed by atoms with E-state index < -0.39 is 0 Å². The van der Waals surface area contributed by atoms with Crippen LogP contribution in [0.1, 0.15) is 16.3 Å². The maximum atomic E-state index is 6.04. The second kappa shape index (κ2) is 5.89. The number of imidazole rings is 1. The van der Waals surface area contributed by atoms with Gasteiger partial charge in [0.2, 0.25) is 0 Å². The highest BCUT2D eigenvalue weighted by molar-refractivity contribution is 7.17. The van der Waals surface area contributed by atoms with Gasteiger partial charge in [-0.2, -0.15) is 0 Å². The van der Waals surface area contributed by atoms with Crippen molar-refractivity contribution in [1.29, 1.82) is 0 Å². The molecule has 4 rings (SSSR count). The van der Waals surface area contributed by atoms with Crippen molar-refractivity contribution in [2.24, 2.45) is 5.73 Å². The van der Waals surface area contributed by atoms with Gasteiger partial charge in [-0.05, 0) is 25.0 Å². The van der Waals surface area contributed by atoms with Crippen molar-refractivity contribution in [3.8, 4) is 22.4 Å². The predicted molar refractivity (Wildman–Crippen MR) is 101 cm³/mol.